The standard InChI is InChI=1S/C35H41N2O2/c1-34(2)28-16-12-13-17-29(28)36(22-24-38-5)31(34)18-8-7-9-19-32-35(3,4)33-27-15-11-10-14-26(27)20-21-30(33)37(32)23-25-39-6/h7-21H,22-25H2,1-6H3/q+1. The fourth-order valence-corrected chi connectivity index (χ4v) is 6.38. The normalized spacial score (nSPS) is 18.7. The van der Waals surface area contributed by atoms with Gasteiger partial charge in [-0.3, -0.25) is 0 Å². The van der Waals surface area contributed by atoms with E-state index in [1.807, 2.05) is 0 Å². The van der Waals surface area contributed by atoms with E-state index in [2.05, 4.69) is 128 Å². The van der Waals surface area contributed by atoms with Crippen LogP contribution in [0, 0.1) is 0 Å². The number of fused-ring (bicyclic) bond motifs is 4. The summed E-state index contributed by atoms with van der Waals surface area (Å²) in [5, 5.41) is 2.61. The zero-order chi connectivity index (χ0) is 27.6. The number of allylic oxidation sites excluding steroid dienone is 6. The molecule has 2 aliphatic heterocycles. The second-order valence-electron chi connectivity index (χ2n) is 11.4. The highest BCUT2D eigenvalue weighted by Gasteiger charge is 2.45. The first-order chi connectivity index (χ1) is 18.8. The average Bonchev–Trinajstić information content (AvgIpc) is 3.29. The number of para-hydroxylation sites is 1. The predicted octanol–water partition coefficient (Wildman–Crippen LogP) is 7.30. The lowest BCUT2D eigenvalue weighted by atomic mass is 9.79. The quantitative estimate of drug-likeness (QED) is 0.218. The van der Waals surface area contributed by atoms with Crippen LogP contribution in [0.1, 0.15) is 38.8 Å². The van der Waals surface area contributed by atoms with Crippen molar-refractivity contribution in [3.8, 4) is 0 Å². The number of rotatable bonds is 9. The third-order valence-electron chi connectivity index (χ3n) is 8.32. The minimum atomic E-state index is -0.126. The molecule has 0 saturated heterocycles. The molecule has 2 heterocycles. The van der Waals surface area contributed by atoms with Gasteiger partial charge in [-0.2, -0.15) is 4.58 Å². The van der Waals surface area contributed by atoms with Gasteiger partial charge in [0.25, 0.3) is 0 Å². The first kappa shape index (κ1) is 27.1. The highest BCUT2D eigenvalue weighted by Crippen LogP contribution is 2.47. The van der Waals surface area contributed by atoms with Gasteiger partial charge in [0.1, 0.15) is 6.61 Å². The van der Waals surface area contributed by atoms with Gasteiger partial charge in [0.05, 0.1) is 12.0 Å². The van der Waals surface area contributed by atoms with Gasteiger partial charge < -0.3 is 14.4 Å². The van der Waals surface area contributed by atoms with Gasteiger partial charge in [0, 0.05) is 55.3 Å². The highest BCUT2D eigenvalue weighted by atomic mass is 16.5. The van der Waals surface area contributed by atoms with Crippen LogP contribution in [-0.4, -0.2) is 50.8 Å². The maximum absolute atomic E-state index is 5.49. The Morgan fingerprint density at radius 1 is 0.795 bits per heavy atom. The van der Waals surface area contributed by atoms with Crippen molar-refractivity contribution in [1.82, 2.24) is 0 Å². The third-order valence-corrected chi connectivity index (χ3v) is 8.32. The van der Waals surface area contributed by atoms with Crippen molar-refractivity contribution in [2.24, 2.45) is 0 Å². The number of nitrogens with zero attached hydrogens (tertiary/aromatic N) is 2. The summed E-state index contributed by atoms with van der Waals surface area (Å²) in [7, 11) is 3.54. The minimum Gasteiger partial charge on any atom is -0.383 e. The Morgan fingerprint density at radius 2 is 1.54 bits per heavy atom. The molecular formula is C35H41N2O2+. The van der Waals surface area contributed by atoms with Crippen LogP contribution in [-0.2, 0) is 20.3 Å². The number of hydrogen-bond acceptors (Lipinski definition) is 3. The van der Waals surface area contributed by atoms with Gasteiger partial charge in [0.15, 0.2) is 12.3 Å². The zero-order valence-electron chi connectivity index (χ0n) is 24.2. The smallest absolute Gasteiger partial charge is 0.210 e. The van der Waals surface area contributed by atoms with E-state index in [1.54, 1.807) is 14.2 Å². The molecule has 2 aliphatic rings. The molecule has 0 fully saturated rings. The van der Waals surface area contributed by atoms with Crippen molar-refractivity contribution < 1.29 is 14.0 Å². The summed E-state index contributed by atoms with van der Waals surface area (Å²) in [4.78, 5) is 2.40. The maximum atomic E-state index is 5.49. The molecule has 0 bridgehead atoms. The van der Waals surface area contributed by atoms with Crippen molar-refractivity contribution in [2.45, 2.75) is 38.5 Å². The van der Waals surface area contributed by atoms with Crippen molar-refractivity contribution in [3.05, 3.63) is 108 Å². The van der Waals surface area contributed by atoms with Crippen molar-refractivity contribution in [2.75, 3.05) is 45.4 Å². The van der Waals surface area contributed by atoms with Gasteiger partial charge in [-0.15, -0.1) is 0 Å². The number of anilines is 1. The van der Waals surface area contributed by atoms with E-state index in [9.17, 15) is 0 Å². The van der Waals surface area contributed by atoms with Crippen molar-refractivity contribution >= 4 is 27.9 Å². The first-order valence-corrected chi connectivity index (χ1v) is 13.9. The summed E-state index contributed by atoms with van der Waals surface area (Å²) in [5.41, 5.74) is 7.69. The topological polar surface area (TPSA) is 24.7 Å². The predicted molar refractivity (Wildman–Crippen MR) is 164 cm³/mol. The fraction of sp³-hybridized carbons (Fsp3) is 0.343. The average molecular weight is 522 g/mol. The Morgan fingerprint density at radius 3 is 2.33 bits per heavy atom. The van der Waals surface area contributed by atoms with Crippen LogP contribution < -0.4 is 4.90 Å². The van der Waals surface area contributed by atoms with Crippen LogP contribution in [0.4, 0.5) is 11.4 Å². The van der Waals surface area contributed by atoms with E-state index in [-0.39, 0.29) is 10.8 Å². The summed E-state index contributed by atoms with van der Waals surface area (Å²) in [6.07, 6.45) is 11.0. The third kappa shape index (κ3) is 4.77. The summed E-state index contributed by atoms with van der Waals surface area (Å²) in [6.45, 7) is 12.3. The molecule has 0 saturated carbocycles. The van der Waals surface area contributed by atoms with E-state index < -0.39 is 0 Å². The minimum absolute atomic E-state index is 0.0692. The monoisotopic (exact) mass is 521 g/mol. The molecule has 3 aromatic rings. The van der Waals surface area contributed by atoms with Gasteiger partial charge in [-0.1, -0.05) is 74.5 Å². The molecule has 3 aromatic carbocycles. The summed E-state index contributed by atoms with van der Waals surface area (Å²) in [5.74, 6) is 0. The van der Waals surface area contributed by atoms with Gasteiger partial charge in [-0.25, -0.2) is 0 Å². The molecule has 0 spiro atoms. The second kappa shape index (κ2) is 11.0. The van der Waals surface area contributed by atoms with Gasteiger partial charge in [-0.05, 0) is 48.4 Å². The molecule has 0 N–H and O–H groups in total. The molecule has 5 rings (SSSR count). The zero-order valence-corrected chi connectivity index (χ0v) is 24.2. The molecule has 0 amide bonds. The molecule has 0 radical (unpaired) electrons. The second-order valence-corrected chi connectivity index (χ2v) is 11.4. The molecule has 0 atom stereocenters. The molecule has 0 aromatic heterocycles. The molecule has 39 heavy (non-hydrogen) atoms. The van der Waals surface area contributed by atoms with E-state index >= 15 is 0 Å². The molecule has 0 aliphatic carbocycles. The summed E-state index contributed by atoms with van der Waals surface area (Å²) < 4.78 is 13.4. The molecular weight excluding hydrogens is 480 g/mol. The van der Waals surface area contributed by atoms with Crippen LogP contribution in [0.25, 0.3) is 10.8 Å². The van der Waals surface area contributed by atoms with Crippen LogP contribution in [0.3, 0.4) is 0 Å². The first-order valence-electron chi connectivity index (χ1n) is 13.9. The van der Waals surface area contributed by atoms with Crippen molar-refractivity contribution in [3.63, 3.8) is 0 Å². The lowest BCUT2D eigenvalue weighted by Crippen LogP contribution is -2.29. The Kier molecular flexibility index (Phi) is 7.61. The Hall–Kier alpha value is -3.47. The molecule has 4 nitrogen and oxygen atoms in total. The Balaban J connectivity index is 1.47. The van der Waals surface area contributed by atoms with E-state index in [4.69, 9.17) is 9.47 Å². The van der Waals surface area contributed by atoms with Gasteiger partial charge >= 0.3 is 0 Å². The molecule has 0 unspecified atom stereocenters. The van der Waals surface area contributed by atoms with Crippen LogP contribution in [0.2, 0.25) is 0 Å². The SMILES string of the molecule is COCCN1C(=CC=CC=CC2=[N+](CCOC)c3ccc4ccccc4c3C2(C)C)C(C)(C)c2ccccc21. The number of ether oxygens (including phenoxy) is 2. The summed E-state index contributed by atoms with van der Waals surface area (Å²) >= 11 is 0. The van der Waals surface area contributed by atoms with E-state index in [0.717, 1.165) is 13.1 Å². The maximum Gasteiger partial charge on any atom is 0.210 e. The van der Waals surface area contributed by atoms with Crippen LogP contribution in [0.5, 0.6) is 0 Å². The fourth-order valence-electron chi connectivity index (χ4n) is 6.38. The van der Waals surface area contributed by atoms with Crippen LogP contribution in [0.15, 0.2) is 96.7 Å². The Bertz CT molecular complexity index is 1490. The lowest BCUT2D eigenvalue weighted by molar-refractivity contribution is -0.441. The summed E-state index contributed by atoms with van der Waals surface area (Å²) in [6, 6.07) is 21.9. The van der Waals surface area contributed by atoms with E-state index in [1.165, 1.54) is 44.7 Å². The molecule has 4 heteroatoms. The Labute approximate surface area is 233 Å². The van der Waals surface area contributed by atoms with Gasteiger partial charge in [0.2, 0.25) is 5.69 Å². The van der Waals surface area contributed by atoms with E-state index in [0.29, 0.717) is 13.2 Å². The van der Waals surface area contributed by atoms with Crippen LogP contribution >= 0.6 is 0 Å². The molecule has 202 valence electrons. The number of methoxy groups -OCH3 is 2. The van der Waals surface area contributed by atoms with Crippen molar-refractivity contribution in [1.29, 1.82) is 0 Å². The number of hydrogen-bond donors (Lipinski definition) is 0. The largest absolute Gasteiger partial charge is 0.383 e. The lowest BCUT2D eigenvalue weighted by Gasteiger charge is -2.26. The highest BCUT2D eigenvalue weighted by molar-refractivity contribution is 6.07. The number of benzene rings is 3.